The summed E-state index contributed by atoms with van der Waals surface area (Å²) in [4.78, 5) is 13.8. The molecule has 2 aliphatic rings. The molecule has 2 saturated carbocycles. The van der Waals surface area contributed by atoms with Crippen LogP contribution in [0.25, 0.3) is 0 Å². The first-order valence-corrected chi connectivity index (χ1v) is 6.46. The molecule has 2 rings (SSSR count). The van der Waals surface area contributed by atoms with Crippen molar-refractivity contribution in [1.82, 2.24) is 15.5 Å². The van der Waals surface area contributed by atoms with Crippen LogP contribution in [0.2, 0.25) is 0 Å². The molecular weight excluding hydrogens is 202 g/mol. The molecule has 0 spiro atoms. The first-order chi connectivity index (χ1) is 7.75. The van der Waals surface area contributed by atoms with Crippen LogP contribution in [0.15, 0.2) is 0 Å². The Hall–Kier alpha value is -0.610. The Balaban J connectivity index is 1.43. The highest BCUT2D eigenvalue weighted by Crippen LogP contribution is 2.24. The van der Waals surface area contributed by atoms with Gasteiger partial charge in [-0.15, -0.1) is 0 Å². The van der Waals surface area contributed by atoms with Gasteiger partial charge in [0.15, 0.2) is 0 Å². The summed E-state index contributed by atoms with van der Waals surface area (Å²) in [6.07, 6.45) is 5.84. The van der Waals surface area contributed by atoms with Gasteiger partial charge in [-0.05, 0) is 32.7 Å². The average Bonchev–Trinajstić information content (AvgIpc) is 3.11. The molecule has 0 radical (unpaired) electrons. The number of hydrogen-bond acceptors (Lipinski definition) is 3. The standard InChI is InChI=1S/C12H23N3O/c1-15(11-4-5-11)9-8-14-12(16)6-7-13-10-2-3-10/h10-11,13H,2-9H2,1H3,(H,14,16). The number of nitrogens with zero attached hydrogens (tertiary/aromatic N) is 1. The molecule has 2 aliphatic carbocycles. The number of hydrogen-bond donors (Lipinski definition) is 2. The van der Waals surface area contributed by atoms with Gasteiger partial charge in [-0.3, -0.25) is 4.79 Å². The van der Waals surface area contributed by atoms with Crippen LogP contribution in [0.4, 0.5) is 0 Å². The molecule has 0 saturated heterocycles. The zero-order chi connectivity index (χ0) is 11.4. The molecule has 2 N–H and O–H groups in total. The molecule has 0 bridgehead atoms. The minimum atomic E-state index is 0.178. The summed E-state index contributed by atoms with van der Waals surface area (Å²) in [6, 6.07) is 1.49. The Morgan fingerprint density at radius 1 is 1.25 bits per heavy atom. The van der Waals surface area contributed by atoms with E-state index in [2.05, 4.69) is 22.6 Å². The Labute approximate surface area is 97.8 Å². The molecule has 0 unspecified atom stereocenters. The van der Waals surface area contributed by atoms with Gasteiger partial charge in [0, 0.05) is 38.1 Å². The van der Waals surface area contributed by atoms with Gasteiger partial charge in [0.05, 0.1) is 0 Å². The topological polar surface area (TPSA) is 44.4 Å². The van der Waals surface area contributed by atoms with E-state index >= 15 is 0 Å². The fourth-order valence-electron chi connectivity index (χ4n) is 1.84. The molecule has 2 fully saturated rings. The summed E-state index contributed by atoms with van der Waals surface area (Å²) >= 11 is 0. The molecule has 4 nitrogen and oxygen atoms in total. The Bertz CT molecular complexity index is 236. The number of amides is 1. The highest BCUT2D eigenvalue weighted by atomic mass is 16.1. The summed E-state index contributed by atoms with van der Waals surface area (Å²) in [5.74, 6) is 0.178. The fourth-order valence-corrected chi connectivity index (χ4v) is 1.84. The Kier molecular flexibility index (Phi) is 4.18. The lowest BCUT2D eigenvalue weighted by molar-refractivity contribution is -0.121. The smallest absolute Gasteiger partial charge is 0.221 e. The first-order valence-electron chi connectivity index (χ1n) is 6.46. The van der Waals surface area contributed by atoms with E-state index in [4.69, 9.17) is 0 Å². The maximum absolute atomic E-state index is 11.4. The lowest BCUT2D eigenvalue weighted by atomic mass is 10.4. The van der Waals surface area contributed by atoms with Crippen LogP contribution in [0.3, 0.4) is 0 Å². The molecule has 92 valence electrons. The maximum Gasteiger partial charge on any atom is 0.221 e. The van der Waals surface area contributed by atoms with Crippen LogP contribution in [0.5, 0.6) is 0 Å². The Morgan fingerprint density at radius 2 is 2.00 bits per heavy atom. The molecule has 0 atom stereocenters. The van der Waals surface area contributed by atoms with E-state index in [1.54, 1.807) is 0 Å². The van der Waals surface area contributed by atoms with Crippen LogP contribution < -0.4 is 10.6 Å². The predicted molar refractivity (Wildman–Crippen MR) is 64.3 cm³/mol. The van der Waals surface area contributed by atoms with Crippen molar-refractivity contribution in [1.29, 1.82) is 0 Å². The first kappa shape index (κ1) is 11.9. The Morgan fingerprint density at radius 3 is 2.62 bits per heavy atom. The van der Waals surface area contributed by atoms with E-state index in [-0.39, 0.29) is 5.91 Å². The van der Waals surface area contributed by atoms with Crippen molar-refractivity contribution in [3.8, 4) is 0 Å². The number of rotatable bonds is 8. The molecule has 0 aliphatic heterocycles. The average molecular weight is 225 g/mol. The second kappa shape index (κ2) is 5.64. The van der Waals surface area contributed by atoms with Gasteiger partial charge in [0.25, 0.3) is 0 Å². The normalized spacial score (nSPS) is 20.1. The van der Waals surface area contributed by atoms with E-state index in [1.807, 2.05) is 0 Å². The second-order valence-corrected chi connectivity index (χ2v) is 5.04. The summed E-state index contributed by atoms with van der Waals surface area (Å²) in [6.45, 7) is 2.59. The molecule has 0 aromatic carbocycles. The van der Waals surface area contributed by atoms with Gasteiger partial charge < -0.3 is 15.5 Å². The van der Waals surface area contributed by atoms with Crippen LogP contribution >= 0.6 is 0 Å². The van der Waals surface area contributed by atoms with Gasteiger partial charge in [-0.1, -0.05) is 0 Å². The quantitative estimate of drug-likeness (QED) is 0.626. The SMILES string of the molecule is CN(CCNC(=O)CCNC1CC1)C1CC1. The van der Waals surface area contributed by atoms with Crippen LogP contribution in [0, 0.1) is 0 Å². The van der Waals surface area contributed by atoms with Crippen molar-refractivity contribution in [2.24, 2.45) is 0 Å². The van der Waals surface area contributed by atoms with Gasteiger partial charge in [-0.2, -0.15) is 0 Å². The third-order valence-corrected chi connectivity index (χ3v) is 3.32. The lowest BCUT2D eigenvalue weighted by Crippen LogP contribution is -2.35. The second-order valence-electron chi connectivity index (χ2n) is 5.04. The van der Waals surface area contributed by atoms with Crippen molar-refractivity contribution >= 4 is 5.91 Å². The van der Waals surface area contributed by atoms with Crippen LogP contribution in [-0.4, -0.2) is 49.6 Å². The van der Waals surface area contributed by atoms with Crippen LogP contribution in [0.1, 0.15) is 32.1 Å². The van der Waals surface area contributed by atoms with Crippen molar-refractivity contribution in [3.05, 3.63) is 0 Å². The minimum absolute atomic E-state index is 0.178. The molecule has 0 heterocycles. The predicted octanol–water partition coefficient (Wildman–Crippen LogP) is 0.339. The third-order valence-electron chi connectivity index (χ3n) is 3.32. The summed E-state index contributed by atoms with van der Waals surface area (Å²) in [5.41, 5.74) is 0. The zero-order valence-electron chi connectivity index (χ0n) is 10.2. The minimum Gasteiger partial charge on any atom is -0.355 e. The lowest BCUT2D eigenvalue weighted by Gasteiger charge is -2.15. The number of nitrogens with one attached hydrogen (secondary N) is 2. The monoisotopic (exact) mass is 225 g/mol. The molecule has 4 heteroatoms. The third kappa shape index (κ3) is 4.49. The van der Waals surface area contributed by atoms with Crippen molar-refractivity contribution in [3.63, 3.8) is 0 Å². The van der Waals surface area contributed by atoms with Crippen molar-refractivity contribution in [2.45, 2.75) is 44.2 Å². The van der Waals surface area contributed by atoms with E-state index in [0.29, 0.717) is 12.5 Å². The fraction of sp³-hybridized carbons (Fsp3) is 0.917. The van der Waals surface area contributed by atoms with Gasteiger partial charge in [-0.25, -0.2) is 0 Å². The largest absolute Gasteiger partial charge is 0.355 e. The highest BCUT2D eigenvalue weighted by Gasteiger charge is 2.25. The highest BCUT2D eigenvalue weighted by molar-refractivity contribution is 5.76. The van der Waals surface area contributed by atoms with E-state index in [9.17, 15) is 4.79 Å². The van der Waals surface area contributed by atoms with E-state index in [1.165, 1.54) is 25.7 Å². The zero-order valence-corrected chi connectivity index (χ0v) is 10.2. The molecule has 0 aromatic heterocycles. The number of carbonyl (C=O) groups excluding carboxylic acids is 1. The van der Waals surface area contributed by atoms with Gasteiger partial charge >= 0.3 is 0 Å². The number of carbonyl (C=O) groups is 1. The molecular formula is C12H23N3O. The molecule has 1 amide bonds. The molecule has 16 heavy (non-hydrogen) atoms. The van der Waals surface area contributed by atoms with E-state index in [0.717, 1.165) is 25.7 Å². The van der Waals surface area contributed by atoms with Gasteiger partial charge in [0.1, 0.15) is 0 Å². The summed E-state index contributed by atoms with van der Waals surface area (Å²) in [5, 5.41) is 6.31. The summed E-state index contributed by atoms with van der Waals surface area (Å²) < 4.78 is 0. The van der Waals surface area contributed by atoms with Crippen molar-refractivity contribution in [2.75, 3.05) is 26.7 Å². The van der Waals surface area contributed by atoms with Gasteiger partial charge in [0.2, 0.25) is 5.91 Å². The van der Waals surface area contributed by atoms with Crippen molar-refractivity contribution < 1.29 is 4.79 Å². The number of likely N-dealkylation sites (N-methyl/N-ethyl adjacent to an activating group) is 1. The maximum atomic E-state index is 11.4. The summed E-state index contributed by atoms with van der Waals surface area (Å²) in [7, 11) is 2.14. The van der Waals surface area contributed by atoms with Crippen LogP contribution in [-0.2, 0) is 4.79 Å². The van der Waals surface area contributed by atoms with E-state index < -0.39 is 0 Å². The molecule has 0 aromatic rings.